The fourth-order valence-electron chi connectivity index (χ4n) is 6.60. The lowest BCUT2D eigenvalue weighted by Gasteiger charge is -2.43. The van der Waals surface area contributed by atoms with E-state index in [4.69, 9.17) is 9.26 Å². The van der Waals surface area contributed by atoms with E-state index in [9.17, 15) is 19.5 Å². The van der Waals surface area contributed by atoms with E-state index in [1.165, 1.54) is 0 Å². The van der Waals surface area contributed by atoms with Gasteiger partial charge in [0.2, 0.25) is 5.91 Å². The Morgan fingerprint density at radius 3 is 2.66 bits per heavy atom. The Hall–Kier alpha value is -3.66. The maximum Gasteiger partial charge on any atom is 0.307 e. The van der Waals surface area contributed by atoms with Gasteiger partial charge in [0.1, 0.15) is 23.8 Å². The summed E-state index contributed by atoms with van der Waals surface area (Å²) >= 11 is 3.71. The Morgan fingerprint density at radius 2 is 1.93 bits per heavy atom. The third-order valence-corrected chi connectivity index (χ3v) is 9.34. The van der Waals surface area contributed by atoms with Crippen LogP contribution in [0.25, 0.3) is 0 Å². The summed E-state index contributed by atoms with van der Waals surface area (Å²) in [6.45, 7) is 3.15. The van der Waals surface area contributed by atoms with Crippen LogP contribution in [0, 0.1) is 18.8 Å². The molecule has 214 valence electrons. The molecule has 0 radical (unpaired) electrons. The van der Waals surface area contributed by atoms with Crippen LogP contribution in [0.5, 0.6) is 5.75 Å². The molecule has 9 nitrogen and oxygen atoms in total. The number of nitrogens with zero attached hydrogens (tertiary/aromatic N) is 3. The van der Waals surface area contributed by atoms with Gasteiger partial charge in [0.25, 0.3) is 5.91 Å². The molecular weight excluding hydrogens is 590 g/mol. The van der Waals surface area contributed by atoms with Gasteiger partial charge in [-0.1, -0.05) is 52.1 Å². The van der Waals surface area contributed by atoms with Crippen molar-refractivity contribution in [2.45, 2.75) is 58.2 Å². The molecule has 1 fully saturated rings. The third-order valence-electron chi connectivity index (χ3n) is 8.60. The number of ether oxygens (including phenoxy) is 1. The van der Waals surface area contributed by atoms with Crippen LogP contribution < -0.4 is 4.74 Å². The summed E-state index contributed by atoms with van der Waals surface area (Å²) < 4.78 is 12.4. The molecule has 3 heterocycles. The van der Waals surface area contributed by atoms with Gasteiger partial charge in [0.05, 0.1) is 17.9 Å². The van der Waals surface area contributed by atoms with E-state index < -0.39 is 23.8 Å². The number of fused-ring (bicyclic) bond motifs is 2. The first-order valence-corrected chi connectivity index (χ1v) is 14.9. The van der Waals surface area contributed by atoms with Gasteiger partial charge in [0, 0.05) is 41.3 Å². The first kappa shape index (κ1) is 27.5. The Morgan fingerprint density at radius 1 is 1.15 bits per heavy atom. The van der Waals surface area contributed by atoms with E-state index in [-0.39, 0.29) is 25.0 Å². The van der Waals surface area contributed by atoms with E-state index in [0.29, 0.717) is 55.1 Å². The van der Waals surface area contributed by atoms with Gasteiger partial charge in [0.15, 0.2) is 0 Å². The molecule has 6 rings (SSSR count). The van der Waals surface area contributed by atoms with Gasteiger partial charge in [-0.25, -0.2) is 0 Å². The van der Waals surface area contributed by atoms with E-state index >= 15 is 0 Å². The zero-order valence-electron chi connectivity index (χ0n) is 22.8. The molecule has 2 amide bonds. The number of rotatable bonds is 7. The zero-order chi connectivity index (χ0) is 28.7. The number of amides is 2. The Bertz CT molecular complexity index is 1500. The molecule has 1 saturated carbocycles. The number of carboxylic acid groups (broad SMARTS) is 1. The maximum absolute atomic E-state index is 14.2. The first-order chi connectivity index (χ1) is 19.8. The van der Waals surface area contributed by atoms with Gasteiger partial charge in [-0.3, -0.25) is 14.4 Å². The average molecular weight is 623 g/mol. The molecule has 1 aromatic heterocycles. The lowest BCUT2D eigenvalue weighted by atomic mass is 9.77. The molecule has 0 bridgehead atoms. The molecule has 1 unspecified atom stereocenters. The predicted octanol–water partition coefficient (Wildman–Crippen LogP) is 5.30. The smallest absolute Gasteiger partial charge is 0.307 e. The van der Waals surface area contributed by atoms with E-state index in [1.54, 1.807) is 4.90 Å². The number of halogens is 1. The molecule has 2 aliphatic heterocycles. The number of hydrogen-bond acceptors (Lipinski definition) is 6. The number of aryl methyl sites for hydroxylation is 1. The van der Waals surface area contributed by atoms with Crippen LogP contribution in [0.1, 0.15) is 70.2 Å². The Balaban J connectivity index is 1.38. The summed E-state index contributed by atoms with van der Waals surface area (Å²) in [5, 5.41) is 14.0. The van der Waals surface area contributed by atoms with Crippen molar-refractivity contribution in [3.05, 3.63) is 80.6 Å². The molecule has 1 aliphatic carbocycles. The van der Waals surface area contributed by atoms with Crippen molar-refractivity contribution in [1.29, 1.82) is 0 Å². The minimum absolute atomic E-state index is 0.0725. The largest absolute Gasteiger partial charge is 0.487 e. The fourth-order valence-corrected chi connectivity index (χ4v) is 7.15. The third kappa shape index (κ3) is 5.25. The normalized spacial score (nSPS) is 21.9. The predicted molar refractivity (Wildman–Crippen MR) is 152 cm³/mol. The minimum atomic E-state index is -0.920. The number of carbonyl (C=O) groups excluding carboxylic acids is 2. The highest BCUT2D eigenvalue weighted by molar-refractivity contribution is 9.10. The summed E-state index contributed by atoms with van der Waals surface area (Å²) in [5.41, 5.74) is 4.14. The van der Waals surface area contributed by atoms with Crippen molar-refractivity contribution < 1.29 is 28.8 Å². The number of carboxylic acids is 1. The van der Waals surface area contributed by atoms with Crippen molar-refractivity contribution in [2.24, 2.45) is 11.8 Å². The standard InChI is InChI=1S/C31H32BrN3O6/c1-18-14-20(33-41-18)17-40-27-11-10-25(32)24-12-13-35(30(37)22-8-4-5-9-23(22)31(38)39)26(28(24)27)16-34-15-19-6-2-3-7-21(19)29(34)36/h2-3,6-7,10-11,14,22-23,26H,4-5,8-9,12-13,15-17H2,1H3,(H,38,39)/t22?,23-,26-/m1/s1. The molecule has 41 heavy (non-hydrogen) atoms. The van der Waals surface area contributed by atoms with Crippen LogP contribution >= 0.6 is 15.9 Å². The van der Waals surface area contributed by atoms with Crippen molar-refractivity contribution in [3.63, 3.8) is 0 Å². The average Bonchev–Trinajstić information content (AvgIpc) is 3.54. The zero-order valence-corrected chi connectivity index (χ0v) is 24.4. The topological polar surface area (TPSA) is 113 Å². The number of benzene rings is 2. The van der Waals surface area contributed by atoms with Crippen LogP contribution in [0.3, 0.4) is 0 Å². The van der Waals surface area contributed by atoms with E-state index in [2.05, 4.69) is 21.1 Å². The molecule has 3 atom stereocenters. The Labute approximate surface area is 246 Å². The molecule has 0 spiro atoms. The highest BCUT2D eigenvalue weighted by Gasteiger charge is 2.44. The highest BCUT2D eigenvalue weighted by atomic mass is 79.9. The minimum Gasteiger partial charge on any atom is -0.487 e. The van der Waals surface area contributed by atoms with Gasteiger partial charge in [-0.05, 0) is 55.5 Å². The quantitative estimate of drug-likeness (QED) is 0.381. The van der Waals surface area contributed by atoms with E-state index in [0.717, 1.165) is 34.0 Å². The number of carbonyl (C=O) groups is 3. The second kappa shape index (κ2) is 11.3. The van der Waals surface area contributed by atoms with Crippen LogP contribution in [-0.4, -0.2) is 50.9 Å². The highest BCUT2D eigenvalue weighted by Crippen LogP contribution is 2.44. The van der Waals surface area contributed by atoms with Crippen molar-refractivity contribution in [3.8, 4) is 5.75 Å². The monoisotopic (exact) mass is 621 g/mol. The number of hydrogen-bond donors (Lipinski definition) is 1. The second-order valence-electron chi connectivity index (χ2n) is 11.1. The van der Waals surface area contributed by atoms with Crippen LogP contribution in [0.15, 0.2) is 51.5 Å². The van der Waals surface area contributed by atoms with Crippen molar-refractivity contribution >= 4 is 33.7 Å². The van der Waals surface area contributed by atoms with Crippen molar-refractivity contribution in [2.75, 3.05) is 13.1 Å². The second-order valence-corrected chi connectivity index (χ2v) is 12.0. The molecule has 1 N–H and O–H groups in total. The fraction of sp³-hybridized carbons (Fsp3) is 0.419. The molecule has 3 aliphatic rings. The number of aromatic nitrogens is 1. The van der Waals surface area contributed by atoms with Crippen LogP contribution in [-0.2, 0) is 29.2 Å². The van der Waals surface area contributed by atoms with Gasteiger partial charge < -0.3 is 24.2 Å². The van der Waals surface area contributed by atoms with Crippen LogP contribution in [0.2, 0.25) is 0 Å². The van der Waals surface area contributed by atoms with Crippen LogP contribution in [0.4, 0.5) is 0 Å². The lowest BCUT2D eigenvalue weighted by Crippen LogP contribution is -2.50. The molecular formula is C31H32BrN3O6. The van der Waals surface area contributed by atoms with Crippen molar-refractivity contribution in [1.82, 2.24) is 15.0 Å². The molecule has 10 heteroatoms. The first-order valence-electron chi connectivity index (χ1n) is 14.1. The summed E-state index contributed by atoms with van der Waals surface area (Å²) in [5.74, 6) is -1.16. The van der Waals surface area contributed by atoms with Gasteiger partial charge >= 0.3 is 5.97 Å². The SMILES string of the molecule is Cc1cc(COc2ccc(Br)c3c2[C@@H](CN2Cc4ccccc4C2=O)N(C(=O)C2CCCC[C@H]2C(=O)O)CC3)no1. The summed E-state index contributed by atoms with van der Waals surface area (Å²) in [6, 6.07) is 12.7. The summed E-state index contributed by atoms with van der Waals surface area (Å²) in [4.78, 5) is 43.4. The molecule has 2 aromatic carbocycles. The number of aliphatic carboxylic acids is 1. The summed E-state index contributed by atoms with van der Waals surface area (Å²) in [7, 11) is 0. The lowest BCUT2D eigenvalue weighted by molar-refractivity contribution is -0.153. The van der Waals surface area contributed by atoms with E-state index in [1.807, 2.05) is 54.3 Å². The Kier molecular flexibility index (Phi) is 7.59. The van der Waals surface area contributed by atoms with Gasteiger partial charge in [-0.15, -0.1) is 0 Å². The molecule has 0 saturated heterocycles. The molecule has 3 aromatic rings. The summed E-state index contributed by atoms with van der Waals surface area (Å²) in [6.07, 6.45) is 3.26. The van der Waals surface area contributed by atoms with Gasteiger partial charge in [-0.2, -0.15) is 0 Å². The maximum atomic E-state index is 14.2.